The summed E-state index contributed by atoms with van der Waals surface area (Å²) in [4.78, 5) is 0. The first-order chi connectivity index (χ1) is 6.74. The van der Waals surface area contributed by atoms with E-state index in [0.29, 0.717) is 0 Å². The Bertz CT molecular complexity index is 359. The first kappa shape index (κ1) is 9.17. The van der Waals surface area contributed by atoms with Crippen molar-refractivity contribution >= 4 is 0 Å². The molecule has 0 amide bonds. The van der Waals surface area contributed by atoms with Crippen molar-refractivity contribution in [2.45, 2.75) is 18.9 Å². The smallest absolute Gasteiger partial charge is 0.227 e. The number of hydrogen-bond donors (Lipinski definition) is 0. The highest BCUT2D eigenvalue weighted by Crippen LogP contribution is 2.48. The number of hydrogen-bond acceptors (Lipinski definition) is 2. The van der Waals surface area contributed by atoms with Crippen LogP contribution >= 0.6 is 0 Å². The first-order valence-corrected chi connectivity index (χ1v) is 4.51. The van der Waals surface area contributed by atoms with Gasteiger partial charge in [0.15, 0.2) is 0 Å². The van der Waals surface area contributed by atoms with Gasteiger partial charge < -0.3 is 4.74 Å². The van der Waals surface area contributed by atoms with Gasteiger partial charge in [0.2, 0.25) is 5.85 Å². The van der Waals surface area contributed by atoms with Crippen molar-refractivity contribution in [1.82, 2.24) is 0 Å². The number of nitrogens with zero attached hydrogens (tertiary/aromatic N) is 1. The molecule has 3 heteroatoms. The van der Waals surface area contributed by atoms with Crippen LogP contribution in [0.2, 0.25) is 0 Å². The monoisotopic (exact) mass is 191 g/mol. The maximum Gasteiger partial charge on any atom is 0.227 e. The third kappa shape index (κ3) is 1.75. The standard InChI is InChI=1S/C11H10FNO/c12-11(6-10(11)7-13)14-8-9-4-2-1-3-5-9/h1-5,10H,6,8H2. The van der Waals surface area contributed by atoms with Crippen LogP contribution in [0.25, 0.3) is 0 Å². The Morgan fingerprint density at radius 2 is 2.21 bits per heavy atom. The molecule has 72 valence electrons. The van der Waals surface area contributed by atoms with E-state index < -0.39 is 11.8 Å². The summed E-state index contributed by atoms with van der Waals surface area (Å²) >= 11 is 0. The van der Waals surface area contributed by atoms with Gasteiger partial charge in [0.1, 0.15) is 5.92 Å². The fourth-order valence-electron chi connectivity index (χ4n) is 1.30. The van der Waals surface area contributed by atoms with Crippen LogP contribution in [0, 0.1) is 17.2 Å². The molecule has 2 atom stereocenters. The normalized spacial score (nSPS) is 29.6. The molecule has 1 fully saturated rings. The molecule has 0 heterocycles. The molecule has 0 N–H and O–H groups in total. The predicted octanol–water partition coefficient (Wildman–Crippen LogP) is 2.41. The Hall–Kier alpha value is -1.40. The van der Waals surface area contributed by atoms with E-state index in [2.05, 4.69) is 0 Å². The van der Waals surface area contributed by atoms with E-state index in [1.807, 2.05) is 36.4 Å². The van der Waals surface area contributed by atoms with Gasteiger partial charge in [-0.15, -0.1) is 0 Å². The van der Waals surface area contributed by atoms with Crippen LogP contribution in [0.3, 0.4) is 0 Å². The van der Waals surface area contributed by atoms with Gasteiger partial charge in [-0.2, -0.15) is 5.26 Å². The van der Waals surface area contributed by atoms with Crippen molar-refractivity contribution in [3.63, 3.8) is 0 Å². The van der Waals surface area contributed by atoms with Gasteiger partial charge in [-0.3, -0.25) is 0 Å². The zero-order chi connectivity index (χ0) is 10.0. The van der Waals surface area contributed by atoms with Crippen LogP contribution in [0.15, 0.2) is 30.3 Å². The van der Waals surface area contributed by atoms with Gasteiger partial charge in [0, 0.05) is 6.42 Å². The SMILES string of the molecule is N#CC1CC1(F)OCc1ccccc1. The van der Waals surface area contributed by atoms with Crippen LogP contribution in [0.1, 0.15) is 12.0 Å². The van der Waals surface area contributed by atoms with Gasteiger partial charge in [-0.1, -0.05) is 30.3 Å². The third-order valence-electron chi connectivity index (χ3n) is 2.32. The summed E-state index contributed by atoms with van der Waals surface area (Å²) in [6.45, 7) is 0.232. The molecule has 1 aromatic rings. The zero-order valence-electron chi connectivity index (χ0n) is 7.61. The average Bonchev–Trinajstić information content (AvgIpc) is 2.89. The molecule has 0 aliphatic heterocycles. The lowest BCUT2D eigenvalue weighted by atomic mass is 10.2. The summed E-state index contributed by atoms with van der Waals surface area (Å²) in [6.07, 6.45) is 0.205. The van der Waals surface area contributed by atoms with Gasteiger partial charge in [0.25, 0.3) is 0 Å². The Morgan fingerprint density at radius 1 is 1.50 bits per heavy atom. The summed E-state index contributed by atoms with van der Waals surface area (Å²) in [7, 11) is 0. The molecule has 0 radical (unpaired) electrons. The number of ether oxygens (including phenoxy) is 1. The second kappa shape index (κ2) is 3.39. The summed E-state index contributed by atoms with van der Waals surface area (Å²) in [6, 6.07) is 11.2. The van der Waals surface area contributed by atoms with Crippen molar-refractivity contribution in [3.8, 4) is 6.07 Å². The molecule has 2 nitrogen and oxygen atoms in total. The van der Waals surface area contributed by atoms with E-state index in [1.54, 1.807) is 0 Å². The van der Waals surface area contributed by atoms with E-state index in [9.17, 15) is 4.39 Å². The topological polar surface area (TPSA) is 33.0 Å². The van der Waals surface area contributed by atoms with Crippen molar-refractivity contribution in [3.05, 3.63) is 35.9 Å². The van der Waals surface area contributed by atoms with Crippen molar-refractivity contribution < 1.29 is 9.13 Å². The van der Waals surface area contributed by atoms with Crippen LogP contribution in [0.5, 0.6) is 0 Å². The lowest BCUT2D eigenvalue weighted by Crippen LogP contribution is -2.09. The number of alkyl halides is 1. The van der Waals surface area contributed by atoms with E-state index in [0.717, 1.165) is 5.56 Å². The number of rotatable bonds is 3. The summed E-state index contributed by atoms with van der Waals surface area (Å²) in [5, 5.41) is 8.47. The van der Waals surface area contributed by atoms with Gasteiger partial charge >= 0.3 is 0 Å². The number of nitriles is 1. The average molecular weight is 191 g/mol. The summed E-state index contributed by atoms with van der Waals surface area (Å²) in [5.74, 6) is -2.27. The van der Waals surface area contributed by atoms with Crippen LogP contribution in [-0.4, -0.2) is 5.85 Å². The Morgan fingerprint density at radius 3 is 2.79 bits per heavy atom. The van der Waals surface area contributed by atoms with Crippen molar-refractivity contribution in [1.29, 1.82) is 5.26 Å². The Labute approximate surface area is 81.9 Å². The fraction of sp³-hybridized carbons (Fsp3) is 0.364. The highest BCUT2D eigenvalue weighted by Gasteiger charge is 2.57. The van der Waals surface area contributed by atoms with Crippen molar-refractivity contribution in [2.24, 2.45) is 5.92 Å². The molecule has 2 rings (SSSR count). The second-order valence-corrected chi connectivity index (χ2v) is 3.45. The molecular formula is C11H10FNO. The van der Waals surface area contributed by atoms with Crippen LogP contribution in [-0.2, 0) is 11.3 Å². The molecule has 2 unspecified atom stereocenters. The molecule has 0 bridgehead atoms. The third-order valence-corrected chi connectivity index (χ3v) is 2.32. The maximum atomic E-state index is 13.4. The van der Waals surface area contributed by atoms with Crippen molar-refractivity contribution in [2.75, 3.05) is 0 Å². The lowest BCUT2D eigenvalue weighted by molar-refractivity contribution is -0.0804. The van der Waals surface area contributed by atoms with E-state index in [1.165, 1.54) is 0 Å². The van der Waals surface area contributed by atoms with Crippen LogP contribution in [0.4, 0.5) is 4.39 Å². The second-order valence-electron chi connectivity index (χ2n) is 3.45. The fourth-order valence-corrected chi connectivity index (χ4v) is 1.30. The van der Waals surface area contributed by atoms with Gasteiger partial charge in [0.05, 0.1) is 12.7 Å². The molecule has 1 aromatic carbocycles. The minimum atomic E-state index is -1.69. The predicted molar refractivity (Wildman–Crippen MR) is 48.8 cm³/mol. The van der Waals surface area contributed by atoms with E-state index in [-0.39, 0.29) is 13.0 Å². The largest absolute Gasteiger partial charge is 0.340 e. The zero-order valence-corrected chi connectivity index (χ0v) is 7.61. The van der Waals surface area contributed by atoms with Gasteiger partial charge in [-0.05, 0) is 5.56 Å². The first-order valence-electron chi connectivity index (χ1n) is 4.51. The highest BCUT2D eigenvalue weighted by atomic mass is 19.2. The molecule has 1 aliphatic rings. The Kier molecular flexibility index (Phi) is 2.22. The molecule has 0 aromatic heterocycles. The molecule has 0 saturated heterocycles. The Balaban J connectivity index is 1.88. The number of benzene rings is 1. The number of halogens is 1. The quantitative estimate of drug-likeness (QED) is 0.735. The molecule has 14 heavy (non-hydrogen) atoms. The maximum absolute atomic E-state index is 13.4. The molecule has 0 spiro atoms. The summed E-state index contributed by atoms with van der Waals surface area (Å²) in [5.41, 5.74) is 0.924. The minimum Gasteiger partial charge on any atom is -0.340 e. The van der Waals surface area contributed by atoms with Crippen LogP contribution < -0.4 is 0 Å². The van der Waals surface area contributed by atoms with E-state index in [4.69, 9.17) is 10.00 Å². The van der Waals surface area contributed by atoms with Gasteiger partial charge in [-0.25, -0.2) is 4.39 Å². The minimum absolute atomic E-state index is 0.205. The van der Waals surface area contributed by atoms with E-state index >= 15 is 0 Å². The highest BCUT2D eigenvalue weighted by molar-refractivity contribution is 5.15. The molecular weight excluding hydrogens is 181 g/mol. The lowest BCUT2D eigenvalue weighted by Gasteiger charge is -2.07. The summed E-state index contributed by atoms with van der Waals surface area (Å²) < 4.78 is 18.4. The molecule has 1 aliphatic carbocycles. The molecule has 1 saturated carbocycles.